The van der Waals surface area contributed by atoms with E-state index in [1.165, 1.54) is 0 Å². The summed E-state index contributed by atoms with van der Waals surface area (Å²) in [4.78, 5) is 28.6. The number of carbonyl (C=O) groups is 2. The van der Waals surface area contributed by atoms with Gasteiger partial charge in [-0.1, -0.05) is 60.7 Å². The van der Waals surface area contributed by atoms with E-state index in [-0.39, 0.29) is 37.4 Å². The van der Waals surface area contributed by atoms with Crippen molar-refractivity contribution in [3.05, 3.63) is 71.8 Å². The van der Waals surface area contributed by atoms with Crippen molar-refractivity contribution in [1.29, 1.82) is 0 Å². The molecular formula is C22H24N2O4. The van der Waals surface area contributed by atoms with Crippen LogP contribution < -0.4 is 0 Å². The second-order valence-corrected chi connectivity index (χ2v) is 7.20. The summed E-state index contributed by atoms with van der Waals surface area (Å²) in [5, 5.41) is 0. The molecule has 2 saturated heterocycles. The Balaban J connectivity index is 1.41. The Morgan fingerprint density at radius 3 is 2.43 bits per heavy atom. The lowest BCUT2D eigenvalue weighted by atomic mass is 9.98. The van der Waals surface area contributed by atoms with Crippen molar-refractivity contribution in [3.8, 4) is 0 Å². The summed E-state index contributed by atoms with van der Waals surface area (Å²) < 4.78 is 11.2. The van der Waals surface area contributed by atoms with Gasteiger partial charge in [0.2, 0.25) is 5.91 Å². The molecule has 6 heteroatoms. The number of nitrogens with zero attached hydrogens (tertiary/aromatic N) is 2. The van der Waals surface area contributed by atoms with Crippen LogP contribution in [0.25, 0.3) is 0 Å². The maximum atomic E-state index is 12.6. The van der Waals surface area contributed by atoms with Gasteiger partial charge in [0.15, 0.2) is 0 Å². The van der Waals surface area contributed by atoms with Crippen LogP contribution in [0, 0.1) is 0 Å². The lowest BCUT2D eigenvalue weighted by Crippen LogP contribution is -2.62. The molecule has 0 N–H and O–H groups in total. The molecule has 2 unspecified atom stereocenters. The maximum absolute atomic E-state index is 12.6. The average molecular weight is 380 g/mol. The van der Waals surface area contributed by atoms with Gasteiger partial charge in [0.25, 0.3) is 0 Å². The molecule has 2 aliphatic rings. The van der Waals surface area contributed by atoms with Crippen LogP contribution in [0.15, 0.2) is 60.7 Å². The highest BCUT2D eigenvalue weighted by atomic mass is 16.6. The molecule has 0 bridgehead atoms. The van der Waals surface area contributed by atoms with Crippen molar-refractivity contribution in [2.24, 2.45) is 0 Å². The summed E-state index contributed by atoms with van der Waals surface area (Å²) in [6.45, 7) is 1.87. The molecule has 2 atom stereocenters. The van der Waals surface area contributed by atoms with E-state index in [1.807, 2.05) is 65.6 Å². The van der Waals surface area contributed by atoms with E-state index in [0.717, 1.165) is 11.1 Å². The molecule has 4 rings (SSSR count). The van der Waals surface area contributed by atoms with E-state index in [0.29, 0.717) is 26.1 Å². The first-order valence-corrected chi connectivity index (χ1v) is 9.61. The standard InChI is InChI=1S/C22H24N2O4/c25-21-16-27-20-11-12-23(22(26)28-15-18-9-5-2-6-10-18)14-19(20)24(21)13-17-7-3-1-4-8-17/h1-10,19-20H,11-16H2. The first-order valence-electron chi connectivity index (χ1n) is 9.61. The Labute approximate surface area is 164 Å². The molecule has 146 valence electrons. The maximum Gasteiger partial charge on any atom is 0.410 e. The lowest BCUT2D eigenvalue weighted by Gasteiger charge is -2.46. The van der Waals surface area contributed by atoms with Crippen molar-refractivity contribution in [2.45, 2.75) is 31.7 Å². The highest BCUT2D eigenvalue weighted by Crippen LogP contribution is 2.26. The van der Waals surface area contributed by atoms with Gasteiger partial charge < -0.3 is 19.3 Å². The molecule has 6 nitrogen and oxygen atoms in total. The van der Waals surface area contributed by atoms with Crippen molar-refractivity contribution in [3.63, 3.8) is 0 Å². The topological polar surface area (TPSA) is 59.1 Å². The van der Waals surface area contributed by atoms with Crippen LogP contribution in [-0.4, -0.2) is 53.6 Å². The van der Waals surface area contributed by atoms with E-state index in [2.05, 4.69) is 0 Å². The van der Waals surface area contributed by atoms with E-state index < -0.39 is 0 Å². The average Bonchev–Trinajstić information content (AvgIpc) is 2.75. The van der Waals surface area contributed by atoms with E-state index in [1.54, 1.807) is 4.90 Å². The van der Waals surface area contributed by atoms with E-state index >= 15 is 0 Å². The third kappa shape index (κ3) is 4.17. The Morgan fingerprint density at radius 1 is 1.04 bits per heavy atom. The molecule has 2 aliphatic heterocycles. The second-order valence-electron chi connectivity index (χ2n) is 7.20. The lowest BCUT2D eigenvalue weighted by molar-refractivity contribution is -0.163. The van der Waals surface area contributed by atoms with Gasteiger partial charge in [-0.15, -0.1) is 0 Å². The van der Waals surface area contributed by atoms with Crippen molar-refractivity contribution in [2.75, 3.05) is 19.7 Å². The van der Waals surface area contributed by atoms with Gasteiger partial charge in [-0.3, -0.25) is 4.79 Å². The molecule has 0 aromatic heterocycles. The minimum atomic E-state index is -0.347. The fourth-order valence-electron chi connectivity index (χ4n) is 3.81. The van der Waals surface area contributed by atoms with E-state index in [9.17, 15) is 9.59 Å². The van der Waals surface area contributed by atoms with Gasteiger partial charge in [-0.05, 0) is 17.5 Å². The zero-order valence-corrected chi connectivity index (χ0v) is 15.7. The number of benzene rings is 2. The molecule has 2 amide bonds. The molecule has 2 aromatic rings. The normalized spacial score (nSPS) is 21.9. The van der Waals surface area contributed by atoms with Gasteiger partial charge in [-0.25, -0.2) is 4.79 Å². The minimum absolute atomic E-state index is 0.0374. The number of carbonyl (C=O) groups excluding carboxylic acids is 2. The predicted molar refractivity (Wildman–Crippen MR) is 103 cm³/mol. The number of hydrogen-bond donors (Lipinski definition) is 0. The Bertz CT molecular complexity index is 812. The van der Waals surface area contributed by atoms with Gasteiger partial charge in [-0.2, -0.15) is 0 Å². The SMILES string of the molecule is O=C(OCc1ccccc1)N1CCC2OCC(=O)N(Cc3ccccc3)C2C1. The van der Waals surface area contributed by atoms with Crippen molar-refractivity contribution >= 4 is 12.0 Å². The molecule has 0 radical (unpaired) electrons. The predicted octanol–water partition coefficient (Wildman–Crippen LogP) is 2.83. The quantitative estimate of drug-likeness (QED) is 0.818. The third-order valence-corrected chi connectivity index (χ3v) is 5.32. The summed E-state index contributed by atoms with van der Waals surface area (Å²) in [6.07, 6.45) is 0.309. The number of piperidine rings is 1. The van der Waals surface area contributed by atoms with Crippen molar-refractivity contribution in [1.82, 2.24) is 9.80 Å². The number of fused-ring (bicyclic) bond motifs is 1. The molecule has 0 saturated carbocycles. The highest BCUT2D eigenvalue weighted by Gasteiger charge is 2.41. The molecule has 28 heavy (non-hydrogen) atoms. The van der Waals surface area contributed by atoms with Gasteiger partial charge in [0.1, 0.15) is 13.2 Å². The Kier molecular flexibility index (Phi) is 5.58. The number of likely N-dealkylation sites (tertiary alicyclic amines) is 1. The van der Waals surface area contributed by atoms with Crippen LogP contribution in [0.5, 0.6) is 0 Å². The van der Waals surface area contributed by atoms with Gasteiger partial charge >= 0.3 is 6.09 Å². The number of amides is 2. The number of morpholine rings is 1. The number of rotatable bonds is 4. The second kappa shape index (κ2) is 8.44. The fourth-order valence-corrected chi connectivity index (χ4v) is 3.81. The number of hydrogen-bond acceptors (Lipinski definition) is 4. The van der Waals surface area contributed by atoms with E-state index in [4.69, 9.17) is 9.47 Å². The monoisotopic (exact) mass is 380 g/mol. The highest BCUT2D eigenvalue weighted by molar-refractivity contribution is 5.79. The largest absolute Gasteiger partial charge is 0.445 e. The molecule has 0 aliphatic carbocycles. The smallest absolute Gasteiger partial charge is 0.410 e. The summed E-state index contributed by atoms with van der Waals surface area (Å²) in [6, 6.07) is 19.4. The molecular weight excluding hydrogens is 356 g/mol. The number of ether oxygens (including phenoxy) is 2. The fraction of sp³-hybridized carbons (Fsp3) is 0.364. The van der Waals surface area contributed by atoms with Gasteiger partial charge in [0, 0.05) is 19.6 Å². The molecule has 2 aromatic carbocycles. The van der Waals surface area contributed by atoms with Crippen LogP contribution in [0.3, 0.4) is 0 Å². The van der Waals surface area contributed by atoms with Crippen molar-refractivity contribution < 1.29 is 19.1 Å². The Hall–Kier alpha value is -2.86. The minimum Gasteiger partial charge on any atom is -0.445 e. The molecule has 2 heterocycles. The van der Waals surface area contributed by atoms with Crippen LogP contribution in [-0.2, 0) is 27.4 Å². The molecule has 0 spiro atoms. The summed E-state index contributed by atoms with van der Waals surface area (Å²) in [7, 11) is 0. The first kappa shape index (κ1) is 18.5. The zero-order chi connectivity index (χ0) is 19.3. The van der Waals surface area contributed by atoms with Crippen LogP contribution in [0.2, 0.25) is 0 Å². The first-order chi connectivity index (χ1) is 13.7. The Morgan fingerprint density at radius 2 is 1.71 bits per heavy atom. The summed E-state index contributed by atoms with van der Waals surface area (Å²) in [5.74, 6) is -0.0374. The summed E-state index contributed by atoms with van der Waals surface area (Å²) >= 11 is 0. The summed E-state index contributed by atoms with van der Waals surface area (Å²) in [5.41, 5.74) is 2.02. The van der Waals surface area contributed by atoms with Crippen LogP contribution in [0.1, 0.15) is 17.5 Å². The zero-order valence-electron chi connectivity index (χ0n) is 15.7. The van der Waals surface area contributed by atoms with Crippen LogP contribution in [0.4, 0.5) is 4.79 Å². The van der Waals surface area contributed by atoms with Crippen LogP contribution >= 0.6 is 0 Å². The molecule has 2 fully saturated rings. The van der Waals surface area contributed by atoms with Gasteiger partial charge in [0.05, 0.1) is 12.1 Å². The third-order valence-electron chi connectivity index (χ3n) is 5.32.